The van der Waals surface area contributed by atoms with Crippen molar-refractivity contribution in [3.8, 4) is 0 Å². The fourth-order valence-corrected chi connectivity index (χ4v) is 3.78. The molecule has 0 amide bonds. The van der Waals surface area contributed by atoms with Gasteiger partial charge in [-0.25, -0.2) is 13.6 Å². The molecule has 118 valence electrons. The number of likely N-dealkylation sites (tertiary alicyclic amines) is 1. The van der Waals surface area contributed by atoms with Gasteiger partial charge >= 0.3 is 0 Å². The molecule has 0 bridgehead atoms. The van der Waals surface area contributed by atoms with E-state index in [-0.39, 0.29) is 5.75 Å². The molecule has 0 aromatic carbocycles. The number of hydrogen-bond donors (Lipinski definition) is 1. The van der Waals surface area contributed by atoms with Crippen LogP contribution in [0.25, 0.3) is 0 Å². The Bertz CT molecular complexity index is 395. The predicted octanol–water partition coefficient (Wildman–Crippen LogP) is 1.33. The largest absolute Gasteiger partial charge is 0.377 e. The average molecular weight is 304 g/mol. The summed E-state index contributed by atoms with van der Waals surface area (Å²) in [5.74, 6) is 0.812. The summed E-state index contributed by atoms with van der Waals surface area (Å²) in [6, 6.07) is 0.351. The first kappa shape index (κ1) is 16.2. The Morgan fingerprint density at radius 3 is 2.65 bits per heavy atom. The van der Waals surface area contributed by atoms with Crippen LogP contribution in [0.4, 0.5) is 0 Å². The number of sulfonamides is 1. The third kappa shape index (κ3) is 5.31. The van der Waals surface area contributed by atoms with Crippen LogP contribution in [0.2, 0.25) is 0 Å². The monoisotopic (exact) mass is 304 g/mol. The first-order valence-corrected chi connectivity index (χ1v) is 9.57. The zero-order chi connectivity index (χ0) is 14.6. The van der Waals surface area contributed by atoms with Gasteiger partial charge in [-0.15, -0.1) is 0 Å². The number of ether oxygens (including phenoxy) is 1. The molecule has 1 heterocycles. The van der Waals surface area contributed by atoms with E-state index in [1.807, 2.05) is 6.92 Å². The van der Waals surface area contributed by atoms with Crippen LogP contribution in [0.1, 0.15) is 45.4 Å². The maximum Gasteiger partial charge on any atom is 0.209 e. The zero-order valence-electron chi connectivity index (χ0n) is 12.5. The SMILES string of the molecule is CCOC(CN1CCCCC1CCS(N)(=O)=O)C1CC1. The fraction of sp³-hybridized carbons (Fsp3) is 1.00. The Kier molecular flexibility index (Phi) is 5.84. The molecule has 2 rings (SSSR count). The Balaban J connectivity index is 1.88. The van der Waals surface area contributed by atoms with Gasteiger partial charge in [-0.1, -0.05) is 6.42 Å². The van der Waals surface area contributed by atoms with Gasteiger partial charge in [0.2, 0.25) is 10.0 Å². The number of nitrogens with zero attached hydrogens (tertiary/aromatic N) is 1. The lowest BCUT2D eigenvalue weighted by Gasteiger charge is -2.37. The first-order valence-electron chi connectivity index (χ1n) is 7.85. The zero-order valence-corrected chi connectivity index (χ0v) is 13.3. The molecule has 20 heavy (non-hydrogen) atoms. The van der Waals surface area contributed by atoms with Gasteiger partial charge in [0.05, 0.1) is 11.9 Å². The summed E-state index contributed by atoms with van der Waals surface area (Å²) in [4.78, 5) is 2.44. The third-order valence-corrected chi connectivity index (χ3v) is 5.23. The topological polar surface area (TPSA) is 72.6 Å². The highest BCUT2D eigenvalue weighted by Crippen LogP contribution is 2.35. The maximum atomic E-state index is 11.2. The molecule has 6 heteroatoms. The van der Waals surface area contributed by atoms with E-state index < -0.39 is 10.0 Å². The van der Waals surface area contributed by atoms with Crippen molar-refractivity contribution >= 4 is 10.0 Å². The number of piperidine rings is 1. The van der Waals surface area contributed by atoms with Crippen molar-refractivity contribution in [2.24, 2.45) is 11.1 Å². The van der Waals surface area contributed by atoms with Crippen molar-refractivity contribution in [3.05, 3.63) is 0 Å². The van der Waals surface area contributed by atoms with Gasteiger partial charge in [0.1, 0.15) is 0 Å². The highest BCUT2D eigenvalue weighted by Gasteiger charge is 2.35. The van der Waals surface area contributed by atoms with E-state index in [1.165, 1.54) is 25.7 Å². The molecule has 0 aromatic rings. The molecule has 1 saturated carbocycles. The van der Waals surface area contributed by atoms with Crippen molar-refractivity contribution in [2.75, 3.05) is 25.4 Å². The lowest BCUT2D eigenvalue weighted by atomic mass is 9.99. The molecule has 0 radical (unpaired) electrons. The van der Waals surface area contributed by atoms with E-state index in [1.54, 1.807) is 0 Å². The van der Waals surface area contributed by atoms with Crippen LogP contribution in [0.15, 0.2) is 0 Å². The maximum absolute atomic E-state index is 11.2. The minimum atomic E-state index is -3.35. The molecule has 1 aliphatic carbocycles. The molecule has 2 N–H and O–H groups in total. The second-order valence-electron chi connectivity index (χ2n) is 6.13. The normalized spacial score (nSPS) is 26.6. The molecule has 2 fully saturated rings. The highest BCUT2D eigenvalue weighted by atomic mass is 32.2. The second kappa shape index (κ2) is 7.20. The van der Waals surface area contributed by atoms with Gasteiger partial charge in [0.15, 0.2) is 0 Å². The summed E-state index contributed by atoms with van der Waals surface area (Å²) in [7, 11) is -3.35. The summed E-state index contributed by atoms with van der Waals surface area (Å²) in [5.41, 5.74) is 0. The molecule has 2 unspecified atom stereocenters. The van der Waals surface area contributed by atoms with Gasteiger partial charge in [-0.05, 0) is 51.5 Å². The quantitative estimate of drug-likeness (QED) is 0.734. The first-order chi connectivity index (χ1) is 9.49. The third-order valence-electron chi connectivity index (χ3n) is 4.43. The van der Waals surface area contributed by atoms with Gasteiger partial charge < -0.3 is 4.74 Å². The second-order valence-corrected chi connectivity index (χ2v) is 7.87. The predicted molar refractivity (Wildman–Crippen MR) is 79.9 cm³/mol. The minimum Gasteiger partial charge on any atom is -0.377 e. The molecule has 1 saturated heterocycles. The number of rotatable bonds is 8. The van der Waals surface area contributed by atoms with Crippen molar-refractivity contribution in [2.45, 2.75) is 57.6 Å². The van der Waals surface area contributed by atoms with Gasteiger partial charge in [0.25, 0.3) is 0 Å². The van der Waals surface area contributed by atoms with E-state index in [0.29, 0.717) is 18.6 Å². The lowest BCUT2D eigenvalue weighted by Crippen LogP contribution is -2.45. The molecule has 1 aliphatic heterocycles. The van der Waals surface area contributed by atoms with Crippen LogP contribution in [0, 0.1) is 5.92 Å². The molecule has 0 spiro atoms. The Morgan fingerprint density at radius 1 is 1.30 bits per heavy atom. The van der Waals surface area contributed by atoms with Crippen molar-refractivity contribution in [3.63, 3.8) is 0 Å². The molecule has 2 aliphatic rings. The molecule has 5 nitrogen and oxygen atoms in total. The Morgan fingerprint density at radius 2 is 2.05 bits per heavy atom. The minimum absolute atomic E-state index is 0.0941. The van der Waals surface area contributed by atoms with E-state index in [4.69, 9.17) is 9.88 Å². The van der Waals surface area contributed by atoms with Gasteiger partial charge in [-0.2, -0.15) is 0 Å². The van der Waals surface area contributed by atoms with Crippen LogP contribution < -0.4 is 5.14 Å². The molecular formula is C14H28N2O3S. The van der Waals surface area contributed by atoms with E-state index >= 15 is 0 Å². The van der Waals surface area contributed by atoms with Crippen molar-refractivity contribution < 1.29 is 13.2 Å². The number of primary sulfonamides is 1. The van der Waals surface area contributed by atoms with E-state index in [2.05, 4.69) is 4.90 Å². The van der Waals surface area contributed by atoms with Crippen molar-refractivity contribution in [1.29, 1.82) is 0 Å². The molecule has 0 aromatic heterocycles. The Hall–Kier alpha value is -0.170. The van der Waals surface area contributed by atoms with Crippen LogP contribution in [-0.4, -0.2) is 50.9 Å². The summed E-state index contributed by atoms with van der Waals surface area (Å²) < 4.78 is 28.2. The number of hydrogen-bond acceptors (Lipinski definition) is 4. The standard InChI is InChI=1S/C14H28N2O3S/c1-2-19-14(12-6-7-12)11-16-9-4-3-5-13(16)8-10-20(15,17)18/h12-14H,2-11H2,1H3,(H2,15,17,18). The van der Waals surface area contributed by atoms with Crippen LogP contribution >= 0.6 is 0 Å². The number of nitrogens with two attached hydrogens (primary N) is 1. The summed E-state index contributed by atoms with van der Waals surface area (Å²) in [6.07, 6.45) is 7.02. The van der Waals surface area contributed by atoms with E-state index in [0.717, 1.165) is 32.0 Å². The Labute approximate surface area is 122 Å². The summed E-state index contributed by atoms with van der Waals surface area (Å²) in [5, 5.41) is 5.13. The average Bonchev–Trinajstić information content (AvgIpc) is 3.20. The van der Waals surface area contributed by atoms with Crippen LogP contribution in [0.5, 0.6) is 0 Å². The fourth-order valence-electron chi connectivity index (χ4n) is 3.18. The summed E-state index contributed by atoms with van der Waals surface area (Å²) in [6.45, 7) is 4.82. The van der Waals surface area contributed by atoms with Gasteiger partial charge in [-0.3, -0.25) is 4.90 Å². The van der Waals surface area contributed by atoms with Gasteiger partial charge in [0, 0.05) is 19.2 Å². The summed E-state index contributed by atoms with van der Waals surface area (Å²) >= 11 is 0. The van der Waals surface area contributed by atoms with Crippen molar-refractivity contribution in [1.82, 2.24) is 4.90 Å². The highest BCUT2D eigenvalue weighted by molar-refractivity contribution is 7.89. The van der Waals surface area contributed by atoms with E-state index in [9.17, 15) is 8.42 Å². The lowest BCUT2D eigenvalue weighted by molar-refractivity contribution is 0.000975. The molecule has 2 atom stereocenters. The molecular weight excluding hydrogens is 276 g/mol. The van der Waals surface area contributed by atoms with Crippen LogP contribution in [-0.2, 0) is 14.8 Å². The smallest absolute Gasteiger partial charge is 0.209 e. The van der Waals surface area contributed by atoms with Crippen LogP contribution in [0.3, 0.4) is 0 Å².